The molecule has 1 N–H and O–H groups in total. The van der Waals surface area contributed by atoms with Crippen molar-refractivity contribution < 1.29 is 4.79 Å². The van der Waals surface area contributed by atoms with Crippen molar-refractivity contribution in [3.8, 4) is 0 Å². The van der Waals surface area contributed by atoms with Gasteiger partial charge in [0, 0.05) is 13.1 Å². The number of carbonyl (C=O) groups is 1. The highest BCUT2D eigenvalue weighted by atomic mass is 16.2. The largest absolute Gasteiger partial charge is 0.310 e. The smallest absolute Gasteiger partial charge is 0.233 e. The predicted octanol–water partition coefficient (Wildman–Crippen LogP) is 2.86. The van der Waals surface area contributed by atoms with E-state index in [2.05, 4.69) is 10.4 Å². The van der Waals surface area contributed by atoms with Crippen LogP contribution in [0.15, 0.2) is 36.4 Å². The maximum atomic E-state index is 12.6. The number of amides is 1. The van der Waals surface area contributed by atoms with E-state index < -0.39 is 0 Å². The van der Waals surface area contributed by atoms with E-state index in [4.69, 9.17) is 0 Å². The monoisotopic (exact) mass is 269 g/mol. The first-order valence-electron chi connectivity index (χ1n) is 7.01. The third-order valence-electron chi connectivity index (χ3n) is 3.79. The van der Waals surface area contributed by atoms with Gasteiger partial charge < -0.3 is 5.32 Å². The average molecular weight is 269 g/mol. The summed E-state index contributed by atoms with van der Waals surface area (Å²) in [5, 5.41) is 7.27. The molecular weight excluding hydrogens is 250 g/mol. The number of hydrogen-bond donors (Lipinski definition) is 1. The van der Waals surface area contributed by atoms with Gasteiger partial charge in [0.15, 0.2) is 0 Å². The molecule has 1 atom stereocenters. The zero-order valence-corrected chi connectivity index (χ0v) is 11.8. The van der Waals surface area contributed by atoms with Crippen LogP contribution in [-0.2, 0) is 11.8 Å². The fourth-order valence-electron chi connectivity index (χ4n) is 2.66. The number of nitrogens with zero attached hydrogens (tertiary/aromatic N) is 2. The number of carbonyl (C=O) groups excluding carboxylic acids is 1. The second-order valence-corrected chi connectivity index (χ2v) is 5.51. The maximum Gasteiger partial charge on any atom is 0.233 e. The Morgan fingerprint density at radius 2 is 2.05 bits per heavy atom. The molecule has 104 valence electrons. The average Bonchev–Trinajstić information content (AvgIpc) is 3.18. The molecule has 0 unspecified atom stereocenters. The lowest BCUT2D eigenvalue weighted by molar-refractivity contribution is -0.118. The molecule has 1 aliphatic carbocycles. The van der Waals surface area contributed by atoms with E-state index in [1.165, 1.54) is 0 Å². The van der Waals surface area contributed by atoms with Crippen molar-refractivity contribution in [2.24, 2.45) is 13.0 Å². The van der Waals surface area contributed by atoms with Gasteiger partial charge in [-0.1, -0.05) is 30.3 Å². The van der Waals surface area contributed by atoms with Crippen molar-refractivity contribution >= 4 is 11.7 Å². The molecule has 1 amide bonds. The molecule has 1 saturated carbocycles. The van der Waals surface area contributed by atoms with Crippen LogP contribution in [0.25, 0.3) is 0 Å². The van der Waals surface area contributed by atoms with Gasteiger partial charge in [0.05, 0.1) is 11.6 Å². The third kappa shape index (κ3) is 2.59. The molecule has 0 aliphatic heterocycles. The van der Waals surface area contributed by atoms with Crippen LogP contribution in [0.3, 0.4) is 0 Å². The summed E-state index contributed by atoms with van der Waals surface area (Å²) in [6, 6.07) is 11.9. The Labute approximate surface area is 118 Å². The lowest BCUT2D eigenvalue weighted by Crippen LogP contribution is -2.24. The van der Waals surface area contributed by atoms with Gasteiger partial charge in [0.2, 0.25) is 5.91 Å². The van der Waals surface area contributed by atoms with Crippen LogP contribution < -0.4 is 5.32 Å². The van der Waals surface area contributed by atoms with E-state index in [9.17, 15) is 4.79 Å². The van der Waals surface area contributed by atoms with Crippen molar-refractivity contribution in [3.63, 3.8) is 0 Å². The molecule has 1 aliphatic rings. The summed E-state index contributed by atoms with van der Waals surface area (Å²) in [6.45, 7) is 1.92. The molecule has 4 heteroatoms. The first kappa shape index (κ1) is 12.9. The maximum absolute atomic E-state index is 12.6. The summed E-state index contributed by atoms with van der Waals surface area (Å²) in [7, 11) is 1.84. The van der Waals surface area contributed by atoms with Crippen LogP contribution >= 0.6 is 0 Å². The summed E-state index contributed by atoms with van der Waals surface area (Å²) in [5.74, 6) is 1.26. The summed E-state index contributed by atoms with van der Waals surface area (Å²) in [6.07, 6.45) is 2.27. The van der Waals surface area contributed by atoms with Gasteiger partial charge in [-0.3, -0.25) is 9.48 Å². The van der Waals surface area contributed by atoms with Crippen molar-refractivity contribution in [1.29, 1.82) is 0 Å². The van der Waals surface area contributed by atoms with Gasteiger partial charge in [-0.15, -0.1) is 0 Å². The zero-order chi connectivity index (χ0) is 14.1. The van der Waals surface area contributed by atoms with Gasteiger partial charge >= 0.3 is 0 Å². The Morgan fingerprint density at radius 3 is 2.60 bits per heavy atom. The molecule has 1 fully saturated rings. The lowest BCUT2D eigenvalue weighted by Gasteiger charge is -2.16. The number of anilines is 1. The topological polar surface area (TPSA) is 46.9 Å². The van der Waals surface area contributed by atoms with Gasteiger partial charge in [0.1, 0.15) is 5.82 Å². The third-order valence-corrected chi connectivity index (χ3v) is 3.79. The minimum Gasteiger partial charge on any atom is -0.310 e. The molecule has 0 spiro atoms. The molecule has 0 saturated heterocycles. The van der Waals surface area contributed by atoms with Crippen LogP contribution in [0.4, 0.5) is 5.82 Å². The first-order valence-corrected chi connectivity index (χ1v) is 7.01. The molecule has 20 heavy (non-hydrogen) atoms. The standard InChI is InChI=1S/C16H19N3O/c1-11-10-14(19(2)18-11)17-16(20)15(13-8-9-13)12-6-4-3-5-7-12/h3-7,10,13,15H,8-9H2,1-2H3,(H,17,20)/t15-/m1/s1. The highest BCUT2D eigenvalue weighted by molar-refractivity contribution is 5.95. The summed E-state index contributed by atoms with van der Waals surface area (Å²) < 4.78 is 1.71. The number of hydrogen-bond acceptors (Lipinski definition) is 2. The SMILES string of the molecule is Cc1cc(NC(=O)[C@H](c2ccccc2)C2CC2)n(C)n1. The van der Waals surface area contributed by atoms with Crippen LogP contribution in [0.1, 0.15) is 30.0 Å². The van der Waals surface area contributed by atoms with Crippen LogP contribution in [0.5, 0.6) is 0 Å². The van der Waals surface area contributed by atoms with Crippen LogP contribution in [0, 0.1) is 12.8 Å². The van der Waals surface area contributed by atoms with Crippen molar-refractivity contribution in [2.45, 2.75) is 25.7 Å². The van der Waals surface area contributed by atoms with E-state index in [0.29, 0.717) is 5.92 Å². The Kier molecular flexibility index (Phi) is 3.30. The highest BCUT2D eigenvalue weighted by Gasteiger charge is 2.37. The van der Waals surface area contributed by atoms with Crippen LogP contribution in [0.2, 0.25) is 0 Å². The molecule has 4 nitrogen and oxygen atoms in total. The number of rotatable bonds is 4. The predicted molar refractivity (Wildman–Crippen MR) is 78.5 cm³/mol. The Bertz CT molecular complexity index is 614. The highest BCUT2D eigenvalue weighted by Crippen LogP contribution is 2.43. The van der Waals surface area contributed by atoms with Crippen molar-refractivity contribution in [2.75, 3.05) is 5.32 Å². The number of aryl methyl sites for hydroxylation is 2. The molecule has 0 bridgehead atoms. The Hall–Kier alpha value is -2.10. The summed E-state index contributed by atoms with van der Waals surface area (Å²) >= 11 is 0. The fourth-order valence-corrected chi connectivity index (χ4v) is 2.66. The number of nitrogens with one attached hydrogen (secondary N) is 1. The fraction of sp³-hybridized carbons (Fsp3) is 0.375. The zero-order valence-electron chi connectivity index (χ0n) is 11.8. The van der Waals surface area contributed by atoms with Gasteiger partial charge in [-0.25, -0.2) is 0 Å². The van der Waals surface area contributed by atoms with Gasteiger partial charge in [-0.2, -0.15) is 5.10 Å². The van der Waals surface area contributed by atoms with Crippen LogP contribution in [-0.4, -0.2) is 15.7 Å². The molecule has 1 aromatic heterocycles. The summed E-state index contributed by atoms with van der Waals surface area (Å²) in [5.41, 5.74) is 2.01. The molecule has 3 rings (SSSR count). The normalized spacial score (nSPS) is 15.9. The summed E-state index contributed by atoms with van der Waals surface area (Å²) in [4.78, 5) is 12.6. The second-order valence-electron chi connectivity index (χ2n) is 5.51. The van der Waals surface area contributed by atoms with E-state index in [0.717, 1.165) is 29.9 Å². The molecule has 2 aromatic rings. The Balaban J connectivity index is 1.82. The van der Waals surface area contributed by atoms with Gasteiger partial charge in [-0.05, 0) is 31.2 Å². The number of aromatic nitrogens is 2. The lowest BCUT2D eigenvalue weighted by atomic mass is 9.93. The Morgan fingerprint density at radius 1 is 1.35 bits per heavy atom. The first-order chi connectivity index (χ1) is 9.65. The minimum absolute atomic E-state index is 0.0496. The second kappa shape index (κ2) is 5.12. The molecule has 1 heterocycles. The quantitative estimate of drug-likeness (QED) is 0.927. The molecule has 1 aromatic carbocycles. The van der Waals surface area contributed by atoms with E-state index >= 15 is 0 Å². The van der Waals surface area contributed by atoms with E-state index in [1.807, 2.05) is 50.4 Å². The van der Waals surface area contributed by atoms with E-state index in [-0.39, 0.29) is 11.8 Å². The minimum atomic E-state index is -0.0496. The number of benzene rings is 1. The van der Waals surface area contributed by atoms with Gasteiger partial charge in [0.25, 0.3) is 0 Å². The molecule has 0 radical (unpaired) electrons. The van der Waals surface area contributed by atoms with Crippen molar-refractivity contribution in [3.05, 3.63) is 47.7 Å². The molecular formula is C16H19N3O. The van der Waals surface area contributed by atoms with Crippen molar-refractivity contribution in [1.82, 2.24) is 9.78 Å². The van der Waals surface area contributed by atoms with E-state index in [1.54, 1.807) is 4.68 Å².